The minimum Gasteiger partial charge on any atom is -0.488 e. The van der Waals surface area contributed by atoms with Crippen LogP contribution in [0.5, 0.6) is 5.75 Å². The maximum Gasteiger partial charge on any atom is 0.337 e. The highest BCUT2D eigenvalue weighted by Gasteiger charge is 2.43. The molecule has 4 aromatic carbocycles. The van der Waals surface area contributed by atoms with Crippen molar-refractivity contribution < 1.29 is 28.9 Å². The van der Waals surface area contributed by atoms with Gasteiger partial charge in [-0.2, -0.15) is 0 Å². The van der Waals surface area contributed by atoms with Crippen molar-refractivity contribution in [2.24, 2.45) is 0 Å². The molecule has 0 bridgehead atoms. The number of carboxylic acids is 1. The number of piperidine rings is 1. The summed E-state index contributed by atoms with van der Waals surface area (Å²) in [5.41, 5.74) is 4.09. The van der Waals surface area contributed by atoms with Crippen LogP contribution in [0, 0.1) is 0 Å². The van der Waals surface area contributed by atoms with Gasteiger partial charge in [0.1, 0.15) is 12.4 Å². The van der Waals surface area contributed by atoms with Gasteiger partial charge in [-0.1, -0.05) is 73.7 Å². The zero-order chi connectivity index (χ0) is 30.5. The van der Waals surface area contributed by atoms with Crippen molar-refractivity contribution >= 4 is 23.3 Å². The van der Waals surface area contributed by atoms with Crippen LogP contribution in [0.3, 0.4) is 0 Å². The fraction of sp³-hybridized carbons (Fsp3) is 0.278. The van der Waals surface area contributed by atoms with Crippen LogP contribution in [0.4, 0.5) is 11.4 Å². The molecule has 0 aromatic heterocycles. The van der Waals surface area contributed by atoms with Gasteiger partial charge in [-0.05, 0) is 53.4 Å². The van der Waals surface area contributed by atoms with E-state index in [0.717, 1.165) is 41.6 Å². The Morgan fingerprint density at radius 2 is 1.64 bits per heavy atom. The number of anilines is 2. The zero-order valence-electron chi connectivity index (χ0n) is 24.7. The molecule has 1 unspecified atom stereocenters. The number of carbonyl (C=O) groups is 2. The summed E-state index contributed by atoms with van der Waals surface area (Å²) in [4.78, 5) is 28.3. The second-order valence-electron chi connectivity index (χ2n) is 11.2. The number of ether oxygens (including phenoxy) is 3. The minimum absolute atomic E-state index is 0.00390. The van der Waals surface area contributed by atoms with Gasteiger partial charge in [-0.25, -0.2) is 4.79 Å². The number of rotatable bonds is 9. The normalized spacial score (nSPS) is 17.4. The van der Waals surface area contributed by atoms with Gasteiger partial charge in [0.05, 0.1) is 29.5 Å². The lowest BCUT2D eigenvalue weighted by Gasteiger charge is -2.39. The first-order valence-corrected chi connectivity index (χ1v) is 15.0. The summed E-state index contributed by atoms with van der Waals surface area (Å²) in [6, 6.07) is 29.9. The van der Waals surface area contributed by atoms with Crippen LogP contribution in [0.1, 0.15) is 52.5 Å². The SMILES string of the molecule is CCC1COC2(CCN(c3ccc(OCc4ccccc4)c(C(=O)Nc4cc(-c5ccccc5)ccc4C(=O)O)c3)CC2)O1. The predicted molar refractivity (Wildman–Crippen MR) is 169 cm³/mol. The third-order valence-electron chi connectivity index (χ3n) is 8.31. The molecule has 0 radical (unpaired) electrons. The summed E-state index contributed by atoms with van der Waals surface area (Å²) in [5.74, 6) is -1.71. The molecule has 8 nitrogen and oxygen atoms in total. The van der Waals surface area contributed by atoms with E-state index in [9.17, 15) is 14.7 Å². The standard InChI is InChI=1S/C36H36N2O6/c1-2-29-24-43-36(44-29)17-19-38(20-18-36)28-14-16-33(42-23-25-9-5-3-6-10-25)31(22-28)34(39)37-32-21-27(13-15-30(32)35(40)41)26-11-7-4-8-12-26/h3-16,21-22,29H,2,17-20,23-24H2,1H3,(H,37,39)(H,40,41). The first-order valence-electron chi connectivity index (χ1n) is 15.0. The predicted octanol–water partition coefficient (Wildman–Crippen LogP) is 7.01. The van der Waals surface area contributed by atoms with E-state index < -0.39 is 17.7 Å². The largest absolute Gasteiger partial charge is 0.488 e. The first-order chi connectivity index (χ1) is 21.4. The third-order valence-corrected chi connectivity index (χ3v) is 8.31. The summed E-state index contributed by atoms with van der Waals surface area (Å²) in [7, 11) is 0. The van der Waals surface area contributed by atoms with Gasteiger partial charge < -0.3 is 29.5 Å². The highest BCUT2D eigenvalue weighted by molar-refractivity contribution is 6.10. The van der Waals surface area contributed by atoms with Crippen molar-refractivity contribution in [1.82, 2.24) is 0 Å². The molecule has 2 heterocycles. The molecule has 2 saturated heterocycles. The number of amides is 1. The number of aromatic carboxylic acids is 1. The lowest BCUT2D eigenvalue weighted by Crippen LogP contribution is -2.45. The quantitative estimate of drug-likeness (QED) is 0.216. The van der Waals surface area contributed by atoms with Gasteiger partial charge in [-0.15, -0.1) is 0 Å². The molecule has 2 aliphatic heterocycles. The van der Waals surface area contributed by atoms with Crippen molar-refractivity contribution in [3.8, 4) is 16.9 Å². The van der Waals surface area contributed by atoms with E-state index >= 15 is 0 Å². The second kappa shape index (κ2) is 12.9. The van der Waals surface area contributed by atoms with Gasteiger partial charge >= 0.3 is 5.97 Å². The molecule has 4 aromatic rings. The number of carboxylic acid groups (broad SMARTS) is 1. The van der Waals surface area contributed by atoms with Gasteiger partial charge in [0.2, 0.25) is 0 Å². The molecule has 226 valence electrons. The summed E-state index contributed by atoms with van der Waals surface area (Å²) in [6.45, 7) is 4.43. The number of hydrogen-bond acceptors (Lipinski definition) is 6. The third kappa shape index (κ3) is 6.46. The maximum atomic E-state index is 13.9. The summed E-state index contributed by atoms with van der Waals surface area (Å²) < 4.78 is 18.5. The first kappa shape index (κ1) is 29.4. The molecule has 1 amide bonds. The molecular weight excluding hydrogens is 556 g/mol. The van der Waals surface area contributed by atoms with Gasteiger partial charge in [0.15, 0.2) is 5.79 Å². The molecule has 2 aliphatic rings. The number of nitrogens with zero attached hydrogens (tertiary/aromatic N) is 1. The van der Waals surface area contributed by atoms with E-state index in [0.29, 0.717) is 31.0 Å². The highest BCUT2D eigenvalue weighted by atomic mass is 16.7. The Hall–Kier alpha value is -4.66. The Kier molecular flexibility index (Phi) is 8.63. The Labute approximate surface area is 257 Å². The maximum absolute atomic E-state index is 13.9. The minimum atomic E-state index is -1.13. The second-order valence-corrected chi connectivity index (χ2v) is 11.2. The van der Waals surface area contributed by atoms with Crippen LogP contribution >= 0.6 is 0 Å². The van der Waals surface area contributed by atoms with Crippen molar-refractivity contribution in [3.05, 3.63) is 114 Å². The number of carbonyl (C=O) groups excluding carboxylic acids is 1. The molecule has 2 N–H and O–H groups in total. The summed E-state index contributed by atoms with van der Waals surface area (Å²) >= 11 is 0. The molecule has 1 spiro atoms. The van der Waals surface area contributed by atoms with E-state index in [1.54, 1.807) is 12.1 Å². The molecular formula is C36H36N2O6. The fourth-order valence-electron chi connectivity index (χ4n) is 5.77. The van der Waals surface area contributed by atoms with Crippen molar-refractivity contribution in [2.45, 2.75) is 44.7 Å². The van der Waals surface area contributed by atoms with Gasteiger partial charge in [-0.3, -0.25) is 4.79 Å². The lowest BCUT2D eigenvalue weighted by molar-refractivity contribution is -0.180. The van der Waals surface area contributed by atoms with Crippen LogP contribution in [-0.4, -0.2) is 48.6 Å². The summed E-state index contributed by atoms with van der Waals surface area (Å²) in [6.07, 6.45) is 2.51. The molecule has 1 atom stereocenters. The highest BCUT2D eigenvalue weighted by Crippen LogP contribution is 2.37. The Balaban J connectivity index is 1.28. The molecule has 2 fully saturated rings. The van der Waals surface area contributed by atoms with E-state index in [1.165, 1.54) is 6.07 Å². The zero-order valence-corrected chi connectivity index (χ0v) is 24.7. The molecule has 0 aliphatic carbocycles. The average Bonchev–Trinajstić information content (AvgIpc) is 3.47. The Morgan fingerprint density at radius 1 is 0.909 bits per heavy atom. The van der Waals surface area contributed by atoms with E-state index in [2.05, 4.69) is 17.1 Å². The van der Waals surface area contributed by atoms with Crippen LogP contribution in [-0.2, 0) is 16.1 Å². The number of benzene rings is 4. The summed E-state index contributed by atoms with van der Waals surface area (Å²) in [5, 5.41) is 12.8. The fourth-order valence-corrected chi connectivity index (χ4v) is 5.77. The van der Waals surface area contributed by atoms with Crippen molar-refractivity contribution in [2.75, 3.05) is 29.9 Å². The van der Waals surface area contributed by atoms with Crippen molar-refractivity contribution in [1.29, 1.82) is 0 Å². The monoisotopic (exact) mass is 592 g/mol. The number of hydrogen-bond donors (Lipinski definition) is 2. The van der Waals surface area contributed by atoms with Gasteiger partial charge in [0.25, 0.3) is 5.91 Å². The average molecular weight is 593 g/mol. The van der Waals surface area contributed by atoms with Crippen molar-refractivity contribution in [3.63, 3.8) is 0 Å². The topological polar surface area (TPSA) is 97.3 Å². The van der Waals surface area contributed by atoms with Crippen LogP contribution in [0.15, 0.2) is 97.1 Å². The molecule has 44 heavy (non-hydrogen) atoms. The number of nitrogens with one attached hydrogen (secondary N) is 1. The van der Waals surface area contributed by atoms with E-state index in [-0.39, 0.29) is 24.0 Å². The molecule has 0 saturated carbocycles. The van der Waals surface area contributed by atoms with Crippen LogP contribution in [0.25, 0.3) is 11.1 Å². The van der Waals surface area contributed by atoms with E-state index in [1.807, 2.05) is 78.9 Å². The Bertz CT molecular complexity index is 1620. The van der Waals surface area contributed by atoms with Crippen LogP contribution < -0.4 is 15.0 Å². The Morgan fingerprint density at radius 3 is 2.32 bits per heavy atom. The molecule has 8 heteroatoms. The lowest BCUT2D eigenvalue weighted by atomic mass is 10.0. The van der Waals surface area contributed by atoms with Gasteiger partial charge in [0, 0.05) is 31.6 Å². The molecule has 6 rings (SSSR count). The smallest absolute Gasteiger partial charge is 0.337 e. The van der Waals surface area contributed by atoms with Crippen LogP contribution in [0.2, 0.25) is 0 Å². The van der Waals surface area contributed by atoms with E-state index in [4.69, 9.17) is 14.2 Å².